The number of halogens is 4. The molecule has 6 aromatic rings. The van der Waals surface area contributed by atoms with Crippen LogP contribution in [-0.4, -0.2) is 125 Å². The molecule has 6 N–H and O–H groups in total. The van der Waals surface area contributed by atoms with Gasteiger partial charge < -0.3 is 68.4 Å². The molecule has 2 atom stereocenters. The Morgan fingerprint density at radius 2 is 1.02 bits per heavy atom. The molecule has 0 radical (unpaired) electrons. The second-order valence-corrected chi connectivity index (χ2v) is 26.1. The normalized spacial score (nSPS) is 13.0. The fraction of sp³-hybridized carbons (Fsp3) is 0.143. The van der Waals surface area contributed by atoms with E-state index in [0.717, 1.165) is 18.2 Å². The van der Waals surface area contributed by atoms with Crippen molar-refractivity contribution in [3.8, 4) is 23.0 Å². The first kappa shape index (κ1) is 84.2. The third-order valence-corrected chi connectivity index (χ3v) is 17.6. The molecule has 0 saturated heterocycles. The monoisotopic (exact) mass is 1490 g/mol. The van der Waals surface area contributed by atoms with Gasteiger partial charge in [0.2, 0.25) is 23.8 Å². The standard InChI is InChI=1S/C42H34Cl2F2N14O20S6.6Na/c1-3-25(53-41-57-37(45)55-39(59-41)51-21-13-15(81(61,62)63)5-11-23(21)83(67,68)69)47-19-9-7-17-31(35(19)85(73,74)75)79-33-27(43)30-34(28(44)29(33)49-17)80-32-18(50-30)8-10-20(36(32)86(76,77)78)48-26(4-2)54-42-58-38(46)56-40(60-42)52-22-14-16(82(64,65)66)6-12-24(22)84(70,71)72;;;;;;/h5-14,25-26,47,49H,3-4H2,1-2H3,(H,61,62,63)(H,64,65,66)(H,67,68,69)(H,70,71,72)(H,73,74,75)(H,76,77,78)(H2,51,53,55,57,59)(H2,52,54,56,58,60);;;;;;/q;6*+1/p-6. The van der Waals surface area contributed by atoms with Gasteiger partial charge in [-0.2, -0.15) is 38.7 Å². The molecule has 4 heterocycles. The Labute approximate surface area is 661 Å². The molecule has 0 bridgehead atoms. The van der Waals surface area contributed by atoms with Gasteiger partial charge in [0.05, 0.1) is 53.9 Å². The van der Waals surface area contributed by atoms with Crippen LogP contribution in [0, 0.1) is 12.2 Å². The van der Waals surface area contributed by atoms with E-state index in [4.69, 9.17) is 32.4 Å². The number of rotatable bonds is 19. The molecule has 2 unspecified atom stereocenters. The van der Waals surface area contributed by atoms with Crippen molar-refractivity contribution in [3.63, 3.8) is 0 Å². The minimum absolute atomic E-state index is 0. The molecule has 50 heteroatoms. The summed E-state index contributed by atoms with van der Waals surface area (Å²) in [6.45, 7) is 2.96. The zero-order chi connectivity index (χ0) is 63.0. The third kappa shape index (κ3) is 19.3. The molecule has 4 aromatic carbocycles. The van der Waals surface area contributed by atoms with Crippen LogP contribution in [0.4, 0.5) is 61.0 Å². The van der Waals surface area contributed by atoms with Crippen LogP contribution >= 0.6 is 23.2 Å². The fourth-order valence-electron chi connectivity index (χ4n) is 7.96. The number of anilines is 9. The van der Waals surface area contributed by atoms with E-state index in [1.54, 1.807) is 0 Å². The van der Waals surface area contributed by atoms with Gasteiger partial charge in [-0.3, -0.25) is 4.99 Å². The van der Waals surface area contributed by atoms with Gasteiger partial charge in [-0.25, -0.2) is 55.5 Å². The second kappa shape index (κ2) is 32.3. The first-order chi connectivity index (χ1) is 39.9. The molecule has 0 amide bonds. The molecule has 3 aliphatic rings. The van der Waals surface area contributed by atoms with Gasteiger partial charge in [0.15, 0.2) is 22.8 Å². The summed E-state index contributed by atoms with van der Waals surface area (Å²) >= 11 is 13.6. The van der Waals surface area contributed by atoms with E-state index in [1.165, 1.54) is 19.9 Å². The summed E-state index contributed by atoms with van der Waals surface area (Å²) in [6.07, 6.45) is -5.95. The number of hydrogen-bond acceptors (Lipinski definition) is 34. The van der Waals surface area contributed by atoms with Gasteiger partial charge in [0.25, 0.3) is 0 Å². The molecule has 92 heavy (non-hydrogen) atoms. The molecule has 2 aliphatic heterocycles. The predicted molar refractivity (Wildman–Crippen MR) is 282 cm³/mol. The minimum Gasteiger partial charge on any atom is -0.744 e. The molecular weight excluding hydrogens is 1460 g/mol. The first-order valence-electron chi connectivity index (χ1n) is 23.1. The smallest absolute Gasteiger partial charge is 0.744 e. The first-order valence-corrected chi connectivity index (χ1v) is 32.3. The van der Waals surface area contributed by atoms with Gasteiger partial charge in [0, 0.05) is 0 Å². The van der Waals surface area contributed by atoms with Crippen LogP contribution < -0.4 is 219 Å². The summed E-state index contributed by atoms with van der Waals surface area (Å²) in [5.41, 5.74) is -4.12. The van der Waals surface area contributed by atoms with Gasteiger partial charge in [-0.1, -0.05) is 37.0 Å². The van der Waals surface area contributed by atoms with Crippen molar-refractivity contribution in [3.05, 3.63) is 88.2 Å². The summed E-state index contributed by atoms with van der Waals surface area (Å²) in [7, 11) is -32.4. The molecule has 456 valence electrons. The predicted octanol–water partition coefficient (Wildman–Crippen LogP) is -14.3. The summed E-state index contributed by atoms with van der Waals surface area (Å²) < 4.78 is 262. The van der Waals surface area contributed by atoms with Crippen LogP contribution in [0.3, 0.4) is 0 Å². The van der Waals surface area contributed by atoms with Gasteiger partial charge in [0.1, 0.15) is 104 Å². The molecule has 9 rings (SSSR count). The molecular formula is C42H28Cl2F2N14Na6O20S6. The van der Waals surface area contributed by atoms with Crippen molar-refractivity contribution in [2.24, 2.45) is 4.99 Å². The van der Waals surface area contributed by atoms with E-state index in [-0.39, 0.29) is 202 Å². The number of nitrogens with one attached hydrogen (secondary N) is 6. The van der Waals surface area contributed by atoms with E-state index in [0.29, 0.717) is 36.4 Å². The van der Waals surface area contributed by atoms with Crippen molar-refractivity contribution >= 4 is 147 Å². The van der Waals surface area contributed by atoms with Crippen molar-refractivity contribution in [2.75, 3.05) is 31.9 Å². The summed E-state index contributed by atoms with van der Waals surface area (Å²) in [6, 6.07) is 7.28. The van der Waals surface area contributed by atoms with Crippen LogP contribution in [0.15, 0.2) is 99.4 Å². The van der Waals surface area contributed by atoms with Gasteiger partial charge >= 0.3 is 190 Å². The number of fused-ring (bicyclic) bond motifs is 4. The van der Waals surface area contributed by atoms with Crippen LogP contribution in [0.5, 0.6) is 11.5 Å². The Bertz CT molecular complexity index is 4980. The fourth-order valence-corrected chi connectivity index (χ4v) is 12.2. The average molecular weight is 1490 g/mol. The quantitative estimate of drug-likeness (QED) is 0.0189. The number of nitrogens with zero attached hydrogens (tertiary/aromatic N) is 8. The molecule has 0 fully saturated rings. The zero-order valence-electron chi connectivity index (χ0n) is 48.0. The minimum atomic E-state index is -5.64. The van der Waals surface area contributed by atoms with E-state index in [1.807, 2.05) is 0 Å². The van der Waals surface area contributed by atoms with Crippen molar-refractivity contribution in [2.45, 2.75) is 68.4 Å². The zero-order valence-corrected chi connectivity index (χ0v) is 66.5. The number of hydrogen-bond donors (Lipinski definition) is 6. The van der Waals surface area contributed by atoms with Gasteiger partial charge in [-0.05, 0) is 73.5 Å². The van der Waals surface area contributed by atoms with E-state index in [2.05, 4.69) is 71.8 Å². The van der Waals surface area contributed by atoms with E-state index < -0.39 is 205 Å². The van der Waals surface area contributed by atoms with Gasteiger partial charge in [-0.15, -0.1) is 0 Å². The largest absolute Gasteiger partial charge is 1.00 e. The van der Waals surface area contributed by atoms with Crippen LogP contribution in [0.25, 0.3) is 22.6 Å². The number of benzene rings is 5. The summed E-state index contributed by atoms with van der Waals surface area (Å²) in [5, 5.41) is 13.2. The Morgan fingerprint density at radius 1 is 0.533 bits per heavy atom. The molecule has 2 aromatic heterocycles. The third-order valence-electron chi connectivity index (χ3n) is 11.6. The maximum Gasteiger partial charge on any atom is 1.00 e. The molecule has 0 saturated carbocycles. The average Bonchev–Trinajstić information content (AvgIpc) is 0.734. The van der Waals surface area contributed by atoms with Crippen LogP contribution in [-0.2, 0) is 60.7 Å². The van der Waals surface area contributed by atoms with Crippen molar-refractivity contribution in [1.29, 1.82) is 0 Å². The molecule has 1 aliphatic carbocycles. The summed E-state index contributed by atoms with van der Waals surface area (Å²) in [5.74, 6) is -5.04. The van der Waals surface area contributed by atoms with Crippen molar-refractivity contribution in [1.82, 2.24) is 34.9 Å². The maximum atomic E-state index is 14.8. The van der Waals surface area contributed by atoms with Crippen molar-refractivity contribution < 1.29 is 273 Å². The van der Waals surface area contributed by atoms with Crippen LogP contribution in [0.1, 0.15) is 26.7 Å². The van der Waals surface area contributed by atoms with E-state index in [9.17, 15) is 86.6 Å². The Morgan fingerprint density at radius 3 is 1.48 bits per heavy atom. The van der Waals surface area contributed by atoms with Crippen LogP contribution in [0.2, 0.25) is 10.0 Å². The second-order valence-electron chi connectivity index (χ2n) is 17.3. The number of ether oxygens (including phenoxy) is 1. The SMILES string of the molecule is CCC(N=c1ccc2nc3c(Cl)c4c(c(Cl)c3oc-2c1S(=O)(=O)[O-])Nc1ccc(NC(CC)Nc2nc(F)nc(Nc3cc(S(=O)(=O)[O-])ccc3S(=O)(=O)[O-])n2)c(S(=O)(=O)[O-])c1O4)Nc1nc(F)nc(Nc2cc(S(=O)(=O)[O-])ccc2S(=O)(=O)[O-])n1.[Na+].[Na+].[Na+].[Na+].[Na+].[Na+]. The molecule has 34 nitrogen and oxygen atoms in total. The number of aromatic nitrogens is 7. The Balaban J connectivity index is 0.00000368. The topological polar surface area (TPSA) is 540 Å². The maximum absolute atomic E-state index is 14.8. The summed E-state index contributed by atoms with van der Waals surface area (Å²) in [4.78, 5) is 23.5. The van der Waals surface area contributed by atoms with E-state index >= 15 is 0 Å². The Kier molecular flexibility index (Phi) is 29.6. The Hall–Kier alpha value is -1.98. The molecule has 0 spiro atoms.